The van der Waals surface area contributed by atoms with E-state index in [1.807, 2.05) is 32.9 Å². The van der Waals surface area contributed by atoms with Gasteiger partial charge in [0, 0.05) is 24.8 Å². The van der Waals surface area contributed by atoms with E-state index in [-0.39, 0.29) is 22.5 Å². The molecule has 0 spiro atoms. The highest BCUT2D eigenvalue weighted by Crippen LogP contribution is 2.54. The van der Waals surface area contributed by atoms with E-state index in [0.717, 1.165) is 42.4 Å². The van der Waals surface area contributed by atoms with Crippen LogP contribution in [0.1, 0.15) is 56.2 Å². The maximum atomic E-state index is 12.6. The van der Waals surface area contributed by atoms with Crippen LogP contribution in [0, 0.1) is 18.9 Å². The van der Waals surface area contributed by atoms with Crippen LogP contribution in [0.5, 0.6) is 0 Å². The summed E-state index contributed by atoms with van der Waals surface area (Å²) in [5.41, 5.74) is 2.03. The van der Waals surface area contributed by atoms with Gasteiger partial charge in [-0.2, -0.15) is 8.42 Å². The van der Waals surface area contributed by atoms with Gasteiger partial charge in [0.2, 0.25) is 0 Å². The first-order chi connectivity index (χ1) is 14.6. The Morgan fingerprint density at radius 3 is 2.16 bits per heavy atom. The van der Waals surface area contributed by atoms with Crippen molar-refractivity contribution in [2.75, 3.05) is 13.2 Å². The molecule has 0 radical (unpaired) electrons. The van der Waals surface area contributed by atoms with Crippen molar-refractivity contribution in [3.8, 4) is 0 Å². The summed E-state index contributed by atoms with van der Waals surface area (Å²) < 4.78 is 37.0. The molecule has 2 aromatic rings. The molecule has 2 aliphatic heterocycles. The minimum absolute atomic E-state index is 0.150. The molecule has 1 saturated carbocycles. The number of hydrogen-bond acceptors (Lipinski definition) is 4. The third-order valence-corrected chi connectivity index (χ3v) is 8.28. The maximum absolute atomic E-state index is 12.6. The Kier molecular flexibility index (Phi) is 5.49. The molecule has 5 rings (SSSR count). The molecule has 5 nitrogen and oxygen atoms in total. The highest BCUT2D eigenvalue weighted by Gasteiger charge is 2.51. The first-order valence-electron chi connectivity index (χ1n) is 10.7. The van der Waals surface area contributed by atoms with Crippen molar-refractivity contribution in [1.29, 1.82) is 0 Å². The molecule has 0 amide bonds. The third kappa shape index (κ3) is 4.15. The van der Waals surface area contributed by atoms with Gasteiger partial charge in [-0.15, -0.1) is 0 Å². The largest absolute Gasteiger partial charge is 0.370 e. The molecule has 0 aromatic heterocycles. The topological polar surface area (TPSA) is 57.0 Å². The zero-order valence-electron chi connectivity index (χ0n) is 18.3. The molecule has 2 heterocycles. The van der Waals surface area contributed by atoms with Gasteiger partial charge in [0.1, 0.15) is 0 Å². The predicted molar refractivity (Wildman–Crippen MR) is 119 cm³/mol. The zero-order chi connectivity index (χ0) is 22.3. The smallest absolute Gasteiger partial charge is 0.296 e. The molecule has 0 atom stereocenters. The second-order valence-corrected chi connectivity index (χ2v) is 11.2. The number of aryl methyl sites for hydroxylation is 1. The third-order valence-electron chi connectivity index (χ3n) is 7.00. The summed E-state index contributed by atoms with van der Waals surface area (Å²) in [6, 6.07) is 14.9. The fraction of sp³-hybridized carbons (Fsp3) is 0.480. The van der Waals surface area contributed by atoms with E-state index >= 15 is 0 Å². The van der Waals surface area contributed by atoms with Crippen molar-refractivity contribution < 1.29 is 17.3 Å². The van der Waals surface area contributed by atoms with Crippen LogP contribution in [0.25, 0.3) is 4.85 Å². The molecule has 3 fully saturated rings. The van der Waals surface area contributed by atoms with Gasteiger partial charge in [0.25, 0.3) is 15.7 Å². The van der Waals surface area contributed by atoms with Gasteiger partial charge in [-0.25, -0.2) is 6.57 Å². The lowest BCUT2D eigenvalue weighted by atomic mass is 9.64. The number of benzene rings is 2. The number of hydrogen-bond donors (Lipinski definition) is 0. The van der Waals surface area contributed by atoms with Crippen LogP contribution in [0.15, 0.2) is 53.4 Å². The Bertz CT molecular complexity index is 1070. The molecule has 2 bridgehead atoms. The van der Waals surface area contributed by atoms with Crippen molar-refractivity contribution in [2.24, 2.45) is 5.41 Å². The number of rotatable bonds is 6. The Hall–Kier alpha value is -2.20. The van der Waals surface area contributed by atoms with Crippen LogP contribution < -0.4 is 0 Å². The molecule has 31 heavy (non-hydrogen) atoms. The average molecular weight is 440 g/mol. The number of nitrogens with zero attached hydrogens (tertiary/aromatic N) is 1. The van der Waals surface area contributed by atoms with Crippen LogP contribution in [-0.2, 0) is 30.2 Å². The molecule has 2 aromatic carbocycles. The molecular formula is C25H29NO4S. The van der Waals surface area contributed by atoms with Gasteiger partial charge in [0.15, 0.2) is 0 Å². The quantitative estimate of drug-likeness (QED) is 0.450. The summed E-state index contributed by atoms with van der Waals surface area (Å²) in [4.78, 5) is 3.90. The second kappa shape index (κ2) is 7.74. The summed E-state index contributed by atoms with van der Waals surface area (Å²) in [6.07, 6.45) is 3.41. The first kappa shape index (κ1) is 22.0. The first-order valence-corrected chi connectivity index (χ1v) is 12.1. The van der Waals surface area contributed by atoms with Crippen molar-refractivity contribution in [2.45, 2.75) is 62.5 Å². The Morgan fingerprint density at radius 2 is 1.65 bits per heavy atom. The lowest BCUT2D eigenvalue weighted by Gasteiger charge is -2.53. The monoisotopic (exact) mass is 439 g/mol. The van der Waals surface area contributed by atoms with Crippen LogP contribution in [0.4, 0.5) is 0 Å². The summed E-state index contributed by atoms with van der Waals surface area (Å²) in [5, 5.41) is 0. The van der Waals surface area contributed by atoms with Gasteiger partial charge in [0.05, 0.1) is 23.7 Å². The minimum atomic E-state index is -3.78. The fourth-order valence-electron chi connectivity index (χ4n) is 4.54. The van der Waals surface area contributed by atoms with Crippen molar-refractivity contribution in [1.82, 2.24) is 0 Å². The highest BCUT2D eigenvalue weighted by molar-refractivity contribution is 7.86. The Balaban J connectivity index is 1.43. The van der Waals surface area contributed by atoms with Gasteiger partial charge in [-0.3, -0.25) is 4.18 Å². The molecule has 0 unspecified atom stereocenters. The molecule has 3 aliphatic rings. The minimum Gasteiger partial charge on any atom is -0.370 e. The second-order valence-electron chi connectivity index (χ2n) is 9.56. The van der Waals surface area contributed by atoms with E-state index in [4.69, 9.17) is 15.5 Å². The van der Waals surface area contributed by atoms with Gasteiger partial charge in [-0.1, -0.05) is 42.0 Å². The number of fused-ring (bicyclic) bond motifs is 3. The van der Waals surface area contributed by atoms with Crippen LogP contribution >= 0.6 is 0 Å². The highest BCUT2D eigenvalue weighted by atomic mass is 32.2. The molecule has 1 aliphatic carbocycles. The SMILES string of the molecule is [C-]#[N+]C(C)(C)c1ccc(C23CCC(COS(=O)(=O)c4ccc(C)cc4)(CC2)CO3)cc1. The van der Waals surface area contributed by atoms with Crippen molar-refractivity contribution >= 4 is 10.1 Å². The lowest BCUT2D eigenvalue weighted by Crippen LogP contribution is -2.51. The fourth-order valence-corrected chi connectivity index (χ4v) is 5.55. The van der Waals surface area contributed by atoms with E-state index in [2.05, 4.69) is 17.0 Å². The summed E-state index contributed by atoms with van der Waals surface area (Å²) >= 11 is 0. The average Bonchev–Trinajstić information content (AvgIpc) is 2.79. The summed E-state index contributed by atoms with van der Waals surface area (Å²) in [7, 11) is -3.78. The van der Waals surface area contributed by atoms with E-state index in [9.17, 15) is 8.42 Å². The van der Waals surface area contributed by atoms with Crippen LogP contribution in [-0.4, -0.2) is 21.6 Å². The van der Waals surface area contributed by atoms with E-state index in [1.165, 1.54) is 0 Å². The van der Waals surface area contributed by atoms with Gasteiger partial charge < -0.3 is 9.58 Å². The molecule has 0 N–H and O–H groups in total. The molecular weight excluding hydrogens is 410 g/mol. The normalized spacial score (nSPS) is 25.9. The van der Waals surface area contributed by atoms with Crippen LogP contribution in [0.2, 0.25) is 0 Å². The Morgan fingerprint density at radius 1 is 1.03 bits per heavy atom. The maximum Gasteiger partial charge on any atom is 0.296 e. The summed E-state index contributed by atoms with van der Waals surface area (Å²) in [5.74, 6) is 0. The standard InChI is InChI=1S/C25H29NO4S/c1-19-5-11-22(12-6-19)31(27,28)30-18-24-13-15-25(16-14-24,29-17-24)21-9-7-20(8-10-21)23(2,3)26-4/h5-12H,13-18H2,1-3H3. The lowest BCUT2D eigenvalue weighted by molar-refractivity contribution is -0.197. The summed E-state index contributed by atoms with van der Waals surface area (Å²) in [6.45, 7) is 13.8. The van der Waals surface area contributed by atoms with E-state index in [0.29, 0.717) is 6.61 Å². The Labute approximate surface area is 185 Å². The van der Waals surface area contributed by atoms with Crippen LogP contribution in [0.3, 0.4) is 0 Å². The molecule has 164 valence electrons. The predicted octanol–water partition coefficient (Wildman–Crippen LogP) is 5.34. The van der Waals surface area contributed by atoms with Crippen molar-refractivity contribution in [3.63, 3.8) is 0 Å². The number of ether oxygens (including phenoxy) is 1. The van der Waals surface area contributed by atoms with E-state index < -0.39 is 15.7 Å². The molecule has 6 heteroatoms. The van der Waals surface area contributed by atoms with Gasteiger partial charge >= 0.3 is 0 Å². The van der Waals surface area contributed by atoms with Gasteiger partial charge in [-0.05, 0) is 50.3 Å². The molecule has 2 saturated heterocycles. The zero-order valence-corrected chi connectivity index (χ0v) is 19.2. The van der Waals surface area contributed by atoms with Crippen molar-refractivity contribution in [3.05, 3.63) is 76.6 Å². The van der Waals surface area contributed by atoms with E-state index in [1.54, 1.807) is 24.3 Å².